The highest BCUT2D eigenvalue weighted by Gasteiger charge is 2.25. The smallest absolute Gasteiger partial charge is 0.361 e. The van der Waals surface area contributed by atoms with Crippen LogP contribution in [0, 0.1) is 0 Å². The number of carboxylic acids is 1. The number of allylic oxidation sites excluding steroid dienone is 32. The molecule has 0 bridgehead atoms. The van der Waals surface area contributed by atoms with E-state index in [2.05, 4.69) is 208 Å². The van der Waals surface area contributed by atoms with Gasteiger partial charge in [0.25, 0.3) is 6.29 Å². The highest BCUT2D eigenvalue weighted by Crippen LogP contribution is 2.17. The van der Waals surface area contributed by atoms with Crippen LogP contribution in [0.25, 0.3) is 0 Å². The first-order chi connectivity index (χ1) is 48.6. The molecule has 0 aromatic heterocycles. The number of quaternary nitrogens is 1. The number of hydrogen-bond acceptors (Lipinski definition) is 7. The van der Waals surface area contributed by atoms with Crippen molar-refractivity contribution in [1.29, 1.82) is 0 Å². The Kier molecular flexibility index (Phi) is 73.2. The quantitative estimate of drug-likeness (QED) is 0.0211. The molecule has 0 heterocycles. The lowest BCUT2D eigenvalue weighted by molar-refractivity contribution is -0.870. The van der Waals surface area contributed by atoms with Gasteiger partial charge in [-0.15, -0.1) is 0 Å². The van der Waals surface area contributed by atoms with Crippen molar-refractivity contribution >= 4 is 17.9 Å². The lowest BCUT2D eigenvalue weighted by atomic mass is 10.0. The molecule has 0 spiro atoms. The van der Waals surface area contributed by atoms with Gasteiger partial charge in [-0.25, -0.2) is 4.79 Å². The Bertz CT molecular complexity index is 2340. The summed E-state index contributed by atoms with van der Waals surface area (Å²) in [5.74, 6) is -2.04. The van der Waals surface area contributed by atoms with Crippen LogP contribution in [-0.4, -0.2) is 87.4 Å². The average Bonchev–Trinajstić information content (AvgIpc) is 1.14. The molecule has 0 fully saturated rings. The molecule has 99 heavy (non-hydrogen) atoms. The molecule has 558 valence electrons. The van der Waals surface area contributed by atoms with Crippen LogP contribution < -0.4 is 0 Å². The van der Waals surface area contributed by atoms with Crippen molar-refractivity contribution in [3.63, 3.8) is 0 Å². The Morgan fingerprint density at radius 1 is 0.303 bits per heavy atom. The Hall–Kier alpha value is -5.87. The molecule has 0 rings (SSSR count). The summed E-state index contributed by atoms with van der Waals surface area (Å²) in [7, 11) is 5.97. The topological polar surface area (TPSA) is 108 Å². The SMILES string of the molecule is CC/C=C\C/C=C\C/C=C\C/C=C\C/C=C\C/C=C\C/C=C\C/C=C\C/C=C\C/C=C\C/C=C\CCCCCCCC(=O)OC(COC(=O)CCCCCCCCCCCCCCCCCCCCC/C=C\C/C=C\C/C=C\C/C=C\C/C=C\CC)COC(OCC[N+](C)(C)C)C(=O)O. The predicted molar refractivity (Wildman–Crippen MR) is 428 cm³/mol. The molecule has 0 aliphatic rings. The average molecular weight is 1370 g/mol. The summed E-state index contributed by atoms with van der Waals surface area (Å²) in [5, 5.41) is 9.77. The zero-order valence-corrected chi connectivity index (χ0v) is 63.8. The molecule has 0 aliphatic heterocycles. The third kappa shape index (κ3) is 79.3. The molecular formula is C90H146NO8+. The zero-order chi connectivity index (χ0) is 71.8. The van der Waals surface area contributed by atoms with E-state index in [0.29, 0.717) is 17.4 Å². The van der Waals surface area contributed by atoms with Gasteiger partial charge < -0.3 is 28.5 Å². The van der Waals surface area contributed by atoms with Gasteiger partial charge in [0.15, 0.2) is 6.10 Å². The third-order valence-corrected chi connectivity index (χ3v) is 16.3. The van der Waals surface area contributed by atoms with E-state index in [1.54, 1.807) is 0 Å². The van der Waals surface area contributed by atoms with E-state index < -0.39 is 24.3 Å². The molecule has 2 unspecified atom stereocenters. The second kappa shape index (κ2) is 77.9. The van der Waals surface area contributed by atoms with Gasteiger partial charge in [-0.05, 0) is 141 Å². The summed E-state index contributed by atoms with van der Waals surface area (Å²) in [5.41, 5.74) is 0. The summed E-state index contributed by atoms with van der Waals surface area (Å²) >= 11 is 0. The van der Waals surface area contributed by atoms with Crippen LogP contribution in [-0.2, 0) is 33.3 Å². The maximum absolute atomic E-state index is 13.0. The highest BCUT2D eigenvalue weighted by molar-refractivity contribution is 5.71. The second-order valence-electron chi connectivity index (χ2n) is 26.9. The number of unbranched alkanes of at least 4 members (excludes halogenated alkanes) is 24. The number of ether oxygens (including phenoxy) is 4. The van der Waals surface area contributed by atoms with Crippen LogP contribution in [0.15, 0.2) is 194 Å². The van der Waals surface area contributed by atoms with Crippen molar-refractivity contribution < 1.29 is 42.9 Å². The van der Waals surface area contributed by atoms with Gasteiger partial charge in [0, 0.05) is 12.8 Å². The maximum Gasteiger partial charge on any atom is 0.361 e. The van der Waals surface area contributed by atoms with Crippen LogP contribution in [0.1, 0.15) is 296 Å². The number of esters is 2. The fourth-order valence-electron chi connectivity index (χ4n) is 10.4. The van der Waals surface area contributed by atoms with Gasteiger partial charge in [0.05, 0.1) is 34.4 Å². The second-order valence-corrected chi connectivity index (χ2v) is 26.9. The fourth-order valence-corrected chi connectivity index (χ4v) is 10.4. The molecule has 2 atom stereocenters. The van der Waals surface area contributed by atoms with E-state index in [0.717, 1.165) is 154 Å². The van der Waals surface area contributed by atoms with Gasteiger partial charge in [0.2, 0.25) is 0 Å². The Morgan fingerprint density at radius 3 is 0.808 bits per heavy atom. The zero-order valence-electron chi connectivity index (χ0n) is 63.8. The van der Waals surface area contributed by atoms with E-state index in [1.807, 2.05) is 21.1 Å². The number of hydrogen-bond donors (Lipinski definition) is 1. The third-order valence-electron chi connectivity index (χ3n) is 16.3. The molecule has 0 amide bonds. The van der Waals surface area contributed by atoms with Crippen LogP contribution in [0.3, 0.4) is 0 Å². The van der Waals surface area contributed by atoms with Gasteiger partial charge >= 0.3 is 17.9 Å². The highest BCUT2D eigenvalue weighted by atomic mass is 16.7. The number of carbonyl (C=O) groups excluding carboxylic acids is 2. The summed E-state index contributed by atoms with van der Waals surface area (Å²) < 4.78 is 23.0. The lowest BCUT2D eigenvalue weighted by Crippen LogP contribution is -2.40. The van der Waals surface area contributed by atoms with E-state index in [4.69, 9.17) is 18.9 Å². The van der Waals surface area contributed by atoms with Gasteiger partial charge in [-0.2, -0.15) is 0 Å². The first-order valence-corrected chi connectivity index (χ1v) is 39.6. The number of carboxylic acid groups (broad SMARTS) is 1. The van der Waals surface area contributed by atoms with Gasteiger partial charge in [-0.3, -0.25) is 9.59 Å². The van der Waals surface area contributed by atoms with Crippen molar-refractivity contribution in [2.75, 3.05) is 47.5 Å². The van der Waals surface area contributed by atoms with Crippen LogP contribution in [0.4, 0.5) is 0 Å². The standard InChI is InChI=1S/C90H145NO8/c1-6-8-10-12-14-16-18-20-22-24-26-28-30-32-34-36-38-40-42-43-44-45-47-49-51-53-55-57-59-61-63-65-67-69-71-73-75-77-79-81-88(93)99-86(85-98-90(89(94)95)96-83-82-91(3,4)5)84-97-87(92)80-78-76-74-72-70-68-66-64-62-60-58-56-54-52-50-48-46-41-39-37-35-33-31-29-27-25-23-21-19-17-15-13-11-9-7-2/h8-11,14-17,20-23,26-29,32-35,38,40,43-44,47,49,53,55,59,61,65,67,86,90H,6-7,12-13,18-19,24-25,30-31,36-37,39,41-42,45-46,48,50-52,54,56-58,60,62-64,66,68-85H2,1-5H3/p+1/b10-8-,11-9-,16-14-,17-15-,22-20-,23-21-,28-26-,29-27-,34-32-,35-33-,40-38-,44-43-,49-47-,55-53-,61-59-,67-65-. The molecule has 1 N–H and O–H groups in total. The van der Waals surface area contributed by atoms with Crippen molar-refractivity contribution in [3.05, 3.63) is 194 Å². The first kappa shape index (κ1) is 93.1. The largest absolute Gasteiger partial charge is 0.477 e. The first-order valence-electron chi connectivity index (χ1n) is 39.6. The van der Waals surface area contributed by atoms with Crippen LogP contribution in [0.5, 0.6) is 0 Å². The number of likely N-dealkylation sites (N-methyl/N-ethyl adjacent to an activating group) is 1. The summed E-state index contributed by atoms with van der Waals surface area (Å²) in [6.45, 7) is 4.62. The lowest BCUT2D eigenvalue weighted by Gasteiger charge is -2.25. The van der Waals surface area contributed by atoms with Crippen LogP contribution >= 0.6 is 0 Å². The van der Waals surface area contributed by atoms with Crippen LogP contribution in [0.2, 0.25) is 0 Å². The minimum absolute atomic E-state index is 0.175. The van der Waals surface area contributed by atoms with E-state index in [9.17, 15) is 19.5 Å². The molecule has 9 nitrogen and oxygen atoms in total. The summed E-state index contributed by atoms with van der Waals surface area (Å²) in [4.78, 5) is 37.7. The Labute approximate surface area is 608 Å². The molecular weight excluding hydrogens is 1220 g/mol. The molecule has 0 aromatic carbocycles. The van der Waals surface area contributed by atoms with E-state index >= 15 is 0 Å². The minimum atomic E-state index is -1.53. The normalized spacial score (nSPS) is 13.7. The van der Waals surface area contributed by atoms with Gasteiger partial charge in [-0.1, -0.05) is 337 Å². The summed E-state index contributed by atoms with van der Waals surface area (Å²) in [6.07, 6.45) is 117. The Morgan fingerprint density at radius 2 is 0.545 bits per heavy atom. The molecule has 0 aliphatic carbocycles. The molecule has 0 saturated carbocycles. The molecule has 9 heteroatoms. The fraction of sp³-hybridized carbons (Fsp3) is 0.611. The Balaban J connectivity index is 4.15. The molecule has 0 aromatic rings. The van der Waals surface area contributed by atoms with Crippen molar-refractivity contribution in [3.8, 4) is 0 Å². The van der Waals surface area contributed by atoms with Crippen molar-refractivity contribution in [2.45, 2.75) is 309 Å². The maximum atomic E-state index is 13.0. The van der Waals surface area contributed by atoms with E-state index in [-0.39, 0.29) is 38.6 Å². The number of carbonyl (C=O) groups is 3. The number of aliphatic carboxylic acids is 1. The minimum Gasteiger partial charge on any atom is -0.477 e. The summed E-state index contributed by atoms with van der Waals surface area (Å²) in [6, 6.07) is 0. The van der Waals surface area contributed by atoms with Crippen molar-refractivity contribution in [2.24, 2.45) is 0 Å². The number of nitrogens with zero attached hydrogens (tertiary/aromatic N) is 1. The number of rotatable bonds is 71. The van der Waals surface area contributed by atoms with Crippen molar-refractivity contribution in [1.82, 2.24) is 0 Å². The monoisotopic (exact) mass is 1370 g/mol. The molecule has 0 radical (unpaired) electrons. The predicted octanol–water partition coefficient (Wildman–Crippen LogP) is 25.7. The van der Waals surface area contributed by atoms with E-state index in [1.165, 1.54) is 109 Å². The molecule has 0 saturated heterocycles. The van der Waals surface area contributed by atoms with Gasteiger partial charge in [0.1, 0.15) is 13.2 Å².